The molecule has 1 saturated carbocycles. The molecule has 0 radical (unpaired) electrons. The van der Waals surface area contributed by atoms with Crippen molar-refractivity contribution >= 4 is 27.5 Å². The van der Waals surface area contributed by atoms with Crippen LogP contribution in [0.1, 0.15) is 63.8 Å². The van der Waals surface area contributed by atoms with E-state index in [0.717, 1.165) is 46.5 Å². The van der Waals surface area contributed by atoms with Crippen molar-refractivity contribution in [1.29, 1.82) is 0 Å². The Morgan fingerprint density at radius 3 is 2.35 bits per heavy atom. The van der Waals surface area contributed by atoms with E-state index in [-0.39, 0.29) is 11.7 Å². The van der Waals surface area contributed by atoms with E-state index in [0.29, 0.717) is 29.0 Å². The number of methoxy groups -OCH3 is 2. The number of aryl methyl sites for hydroxylation is 1. The molecule has 1 fully saturated rings. The average molecular weight is 486 g/mol. The lowest BCUT2D eigenvalue weighted by molar-refractivity contribution is -0.0753. The Balaban J connectivity index is 1.69. The fourth-order valence-electron chi connectivity index (χ4n) is 4.63. The van der Waals surface area contributed by atoms with E-state index < -0.39 is 18.2 Å². The van der Waals surface area contributed by atoms with Gasteiger partial charge in [-0.05, 0) is 62.1 Å². The maximum absolute atomic E-state index is 11.7. The highest BCUT2D eigenvalue weighted by Gasteiger charge is 2.30. The van der Waals surface area contributed by atoms with Crippen molar-refractivity contribution in [3.05, 3.63) is 51.5 Å². The van der Waals surface area contributed by atoms with Gasteiger partial charge in [0.2, 0.25) is 0 Å². The van der Waals surface area contributed by atoms with Gasteiger partial charge in [-0.25, -0.2) is 9.78 Å². The first-order chi connectivity index (χ1) is 16.3. The van der Waals surface area contributed by atoms with Gasteiger partial charge in [0.05, 0.1) is 47.2 Å². The van der Waals surface area contributed by atoms with Crippen LogP contribution in [0.25, 0.3) is 10.2 Å². The van der Waals surface area contributed by atoms with Crippen molar-refractivity contribution < 1.29 is 29.2 Å². The topological polar surface area (TPSA) is 98.1 Å². The summed E-state index contributed by atoms with van der Waals surface area (Å²) >= 11 is 1.44. The van der Waals surface area contributed by atoms with Gasteiger partial charge < -0.3 is 24.4 Å². The number of benzene rings is 2. The summed E-state index contributed by atoms with van der Waals surface area (Å²) in [4.78, 5) is 16.4. The number of thiazole rings is 1. The molecule has 34 heavy (non-hydrogen) atoms. The van der Waals surface area contributed by atoms with Gasteiger partial charge in [0.15, 0.2) is 0 Å². The summed E-state index contributed by atoms with van der Waals surface area (Å²) in [6.07, 6.45) is 3.13. The predicted octanol–water partition coefficient (Wildman–Crippen LogP) is 5.23. The van der Waals surface area contributed by atoms with Gasteiger partial charge in [0.1, 0.15) is 17.6 Å². The molecule has 182 valence electrons. The first kappa shape index (κ1) is 24.4. The zero-order valence-corrected chi connectivity index (χ0v) is 20.8. The van der Waals surface area contributed by atoms with Crippen LogP contribution in [0.4, 0.5) is 0 Å². The predicted molar refractivity (Wildman–Crippen MR) is 131 cm³/mol. The van der Waals surface area contributed by atoms with Gasteiger partial charge in [-0.2, -0.15) is 0 Å². The zero-order chi connectivity index (χ0) is 24.4. The average Bonchev–Trinajstić information content (AvgIpc) is 3.47. The summed E-state index contributed by atoms with van der Waals surface area (Å²) in [5.74, 6) is 0.271. The molecule has 2 N–H and O–H groups in total. The molecule has 0 aliphatic heterocycles. The van der Waals surface area contributed by atoms with E-state index in [1.165, 1.54) is 11.3 Å². The number of ether oxygens (including phenoxy) is 3. The van der Waals surface area contributed by atoms with E-state index in [1.807, 2.05) is 32.0 Å². The highest BCUT2D eigenvalue weighted by Crippen LogP contribution is 2.36. The van der Waals surface area contributed by atoms with Crippen molar-refractivity contribution in [2.24, 2.45) is 0 Å². The molecule has 2 atom stereocenters. The smallest absolute Gasteiger partial charge is 0.337 e. The van der Waals surface area contributed by atoms with E-state index in [4.69, 9.17) is 14.2 Å². The first-order valence-corrected chi connectivity index (χ1v) is 12.3. The summed E-state index contributed by atoms with van der Waals surface area (Å²) in [5, 5.41) is 21.8. The van der Waals surface area contributed by atoms with Crippen molar-refractivity contribution in [3.63, 3.8) is 0 Å². The molecule has 2 aromatic carbocycles. The zero-order valence-electron chi connectivity index (χ0n) is 20.0. The second kappa shape index (κ2) is 10.3. The van der Waals surface area contributed by atoms with Crippen LogP contribution in [0.5, 0.6) is 11.5 Å². The van der Waals surface area contributed by atoms with Crippen LogP contribution in [-0.4, -0.2) is 47.6 Å². The Labute approximate surface area is 203 Å². The number of carboxylic acid groups (broad SMARTS) is 1. The molecular weight excluding hydrogens is 454 g/mol. The van der Waals surface area contributed by atoms with Crippen molar-refractivity contribution in [2.45, 2.75) is 64.3 Å². The van der Waals surface area contributed by atoms with Crippen LogP contribution in [0.2, 0.25) is 0 Å². The number of carbonyl (C=O) groups is 1. The maximum atomic E-state index is 11.7. The van der Waals surface area contributed by atoms with E-state index >= 15 is 0 Å². The minimum atomic E-state index is -0.997. The van der Waals surface area contributed by atoms with Crippen molar-refractivity contribution in [2.75, 3.05) is 14.2 Å². The first-order valence-electron chi connectivity index (χ1n) is 11.5. The number of aromatic nitrogens is 1. The van der Waals surface area contributed by atoms with Gasteiger partial charge in [-0.15, -0.1) is 11.3 Å². The Kier molecular flexibility index (Phi) is 7.40. The number of carboxylic acids is 1. The van der Waals surface area contributed by atoms with Gasteiger partial charge in [0, 0.05) is 12.0 Å². The Bertz CT molecular complexity index is 1160. The van der Waals surface area contributed by atoms with Crippen LogP contribution in [0.15, 0.2) is 24.3 Å². The molecule has 1 heterocycles. The second-order valence-corrected chi connectivity index (χ2v) is 9.97. The molecule has 8 heteroatoms. The van der Waals surface area contributed by atoms with Crippen LogP contribution in [0, 0.1) is 13.8 Å². The molecule has 0 saturated heterocycles. The standard InChI is InChI=1S/C26H31NO6S/c1-14-9-18(26(29)30)24-22(10-14)34-23(27-24)13-21(33-17-7-5-6-8-17)25(28)16-11-19(31-3)15(2)20(12-16)32-4/h9-12,17,21,25,28H,5-8,13H2,1-4H3,(H,29,30)/t21-,25+/m0/s1. The maximum Gasteiger partial charge on any atom is 0.337 e. The molecule has 1 aromatic heterocycles. The van der Waals surface area contributed by atoms with Crippen molar-refractivity contribution in [3.8, 4) is 11.5 Å². The Morgan fingerprint density at radius 2 is 1.76 bits per heavy atom. The number of aromatic carboxylic acids is 1. The summed E-state index contributed by atoms with van der Waals surface area (Å²) in [6.45, 7) is 3.78. The molecule has 1 aliphatic rings. The molecular formula is C26H31NO6S. The van der Waals surface area contributed by atoms with E-state index in [9.17, 15) is 15.0 Å². The van der Waals surface area contributed by atoms with Crippen LogP contribution in [-0.2, 0) is 11.2 Å². The highest BCUT2D eigenvalue weighted by atomic mass is 32.1. The fraction of sp³-hybridized carbons (Fsp3) is 0.462. The van der Waals surface area contributed by atoms with Crippen molar-refractivity contribution in [1.82, 2.24) is 4.98 Å². The number of aliphatic hydroxyl groups is 1. The Morgan fingerprint density at radius 1 is 1.12 bits per heavy atom. The number of hydrogen-bond acceptors (Lipinski definition) is 7. The van der Waals surface area contributed by atoms with Crippen LogP contribution in [0.3, 0.4) is 0 Å². The second-order valence-electron chi connectivity index (χ2n) is 8.85. The third kappa shape index (κ3) is 5.04. The summed E-state index contributed by atoms with van der Waals surface area (Å²) < 4.78 is 18.2. The lowest BCUT2D eigenvalue weighted by atomic mass is 9.99. The molecule has 0 spiro atoms. The normalized spacial score (nSPS) is 16.0. The minimum absolute atomic E-state index is 0.0834. The summed E-state index contributed by atoms with van der Waals surface area (Å²) in [6, 6.07) is 7.22. The molecule has 1 aliphatic carbocycles. The monoisotopic (exact) mass is 485 g/mol. The largest absolute Gasteiger partial charge is 0.496 e. The Hall–Kier alpha value is -2.68. The van der Waals surface area contributed by atoms with E-state index in [1.54, 1.807) is 20.3 Å². The molecule has 0 bridgehead atoms. The highest BCUT2D eigenvalue weighted by molar-refractivity contribution is 7.18. The fourth-order valence-corrected chi connectivity index (χ4v) is 5.77. The molecule has 0 amide bonds. The van der Waals surface area contributed by atoms with E-state index in [2.05, 4.69) is 4.98 Å². The molecule has 7 nitrogen and oxygen atoms in total. The van der Waals surface area contributed by atoms with Crippen LogP contribution < -0.4 is 9.47 Å². The lowest BCUT2D eigenvalue weighted by Crippen LogP contribution is -2.29. The molecule has 0 unspecified atom stereocenters. The number of aliphatic hydroxyl groups excluding tert-OH is 1. The number of hydrogen-bond donors (Lipinski definition) is 2. The summed E-state index contributed by atoms with van der Waals surface area (Å²) in [7, 11) is 3.18. The van der Waals surface area contributed by atoms with Gasteiger partial charge in [-0.1, -0.05) is 12.8 Å². The SMILES string of the molecule is COc1cc([C@@H](O)[C@H](Cc2nc3c(C(=O)O)cc(C)cc3s2)OC2CCCC2)cc(OC)c1C. The summed E-state index contributed by atoms with van der Waals surface area (Å²) in [5.41, 5.74) is 3.05. The molecule has 4 rings (SSSR count). The third-order valence-electron chi connectivity index (χ3n) is 6.43. The third-order valence-corrected chi connectivity index (χ3v) is 7.45. The van der Waals surface area contributed by atoms with Crippen LogP contribution >= 0.6 is 11.3 Å². The molecule has 3 aromatic rings. The van der Waals surface area contributed by atoms with Gasteiger partial charge >= 0.3 is 5.97 Å². The van der Waals surface area contributed by atoms with Gasteiger partial charge in [-0.3, -0.25) is 0 Å². The number of rotatable bonds is 9. The number of fused-ring (bicyclic) bond motifs is 1. The minimum Gasteiger partial charge on any atom is -0.496 e. The number of nitrogens with zero attached hydrogens (tertiary/aromatic N) is 1. The quantitative estimate of drug-likeness (QED) is 0.428. The lowest BCUT2D eigenvalue weighted by Gasteiger charge is -2.27. The van der Waals surface area contributed by atoms with Gasteiger partial charge in [0.25, 0.3) is 0 Å².